The molecule has 37 heavy (non-hydrogen) atoms. The van der Waals surface area contributed by atoms with Crippen molar-refractivity contribution in [3.63, 3.8) is 0 Å². The number of hydrogen-bond donors (Lipinski definition) is 1. The lowest BCUT2D eigenvalue weighted by atomic mass is 9.95. The molecular formula is C28H25N3O5S. The number of nitro benzene ring substituents is 1. The molecule has 0 spiro atoms. The Morgan fingerprint density at radius 2 is 1.89 bits per heavy atom. The summed E-state index contributed by atoms with van der Waals surface area (Å²) in [6.45, 7) is 0.642. The van der Waals surface area contributed by atoms with Crippen LogP contribution in [-0.2, 0) is 26.0 Å². The summed E-state index contributed by atoms with van der Waals surface area (Å²) in [6, 6.07) is 17.4. The Morgan fingerprint density at radius 3 is 2.62 bits per heavy atom. The summed E-state index contributed by atoms with van der Waals surface area (Å²) in [4.78, 5) is 29.4. The number of amides is 1. The van der Waals surface area contributed by atoms with Crippen LogP contribution in [0.1, 0.15) is 50.5 Å². The topological polar surface area (TPSA) is 107 Å². The third-order valence-corrected chi connectivity index (χ3v) is 7.35. The number of aryl methyl sites for hydroxylation is 1. The molecule has 1 N–H and O–H groups in total. The summed E-state index contributed by atoms with van der Waals surface area (Å²) >= 11 is 1.60. The molecule has 5 rings (SSSR count). The first-order chi connectivity index (χ1) is 18.1. The van der Waals surface area contributed by atoms with Crippen LogP contribution in [0.25, 0.3) is 0 Å². The molecule has 8 nitrogen and oxygen atoms in total. The first-order valence-corrected chi connectivity index (χ1v) is 12.8. The summed E-state index contributed by atoms with van der Waals surface area (Å²) in [7, 11) is 0. The predicted molar refractivity (Wildman–Crippen MR) is 142 cm³/mol. The Labute approximate surface area is 217 Å². The number of hydrogen-bond acceptors (Lipinski definition) is 7. The predicted octanol–water partition coefficient (Wildman–Crippen LogP) is 6.39. The zero-order valence-corrected chi connectivity index (χ0v) is 20.8. The van der Waals surface area contributed by atoms with Gasteiger partial charge in [-0.1, -0.05) is 0 Å². The van der Waals surface area contributed by atoms with Crippen LogP contribution >= 0.6 is 11.3 Å². The molecule has 188 valence electrons. The molecule has 9 heteroatoms. The van der Waals surface area contributed by atoms with E-state index in [1.807, 2.05) is 30.3 Å². The quantitative estimate of drug-likeness (QED) is 0.158. The first-order valence-electron chi connectivity index (χ1n) is 12.0. The van der Waals surface area contributed by atoms with Crippen molar-refractivity contribution >= 4 is 34.1 Å². The maximum atomic E-state index is 13.1. The van der Waals surface area contributed by atoms with E-state index in [1.54, 1.807) is 42.0 Å². The third kappa shape index (κ3) is 5.95. The smallest absolute Gasteiger partial charge is 0.269 e. The average molecular weight is 516 g/mol. The molecule has 0 saturated heterocycles. The van der Waals surface area contributed by atoms with E-state index in [9.17, 15) is 14.9 Å². The van der Waals surface area contributed by atoms with E-state index >= 15 is 0 Å². The summed E-state index contributed by atoms with van der Waals surface area (Å²) < 4.78 is 11.1. The molecular weight excluding hydrogens is 490 g/mol. The highest BCUT2D eigenvalue weighted by Gasteiger charge is 2.25. The summed E-state index contributed by atoms with van der Waals surface area (Å²) in [6.07, 6.45) is 7.44. The fourth-order valence-corrected chi connectivity index (χ4v) is 5.44. The summed E-state index contributed by atoms with van der Waals surface area (Å²) in [5.41, 5.74) is 3.57. The number of nitrogens with one attached hydrogen (secondary N) is 1. The van der Waals surface area contributed by atoms with Gasteiger partial charge in [0, 0.05) is 23.2 Å². The van der Waals surface area contributed by atoms with Crippen molar-refractivity contribution in [2.75, 3.05) is 0 Å². The second-order valence-corrected chi connectivity index (χ2v) is 9.78. The average Bonchev–Trinajstić information content (AvgIpc) is 3.58. The highest BCUT2D eigenvalue weighted by Crippen LogP contribution is 2.40. The van der Waals surface area contributed by atoms with Gasteiger partial charge in [0.25, 0.3) is 11.6 Å². The van der Waals surface area contributed by atoms with Gasteiger partial charge in [0.1, 0.15) is 23.1 Å². The van der Waals surface area contributed by atoms with Crippen LogP contribution in [0, 0.1) is 10.1 Å². The number of rotatable bonds is 9. The molecule has 1 aliphatic carbocycles. The molecule has 2 aromatic carbocycles. The van der Waals surface area contributed by atoms with Gasteiger partial charge >= 0.3 is 0 Å². The Kier molecular flexibility index (Phi) is 7.41. The maximum absolute atomic E-state index is 13.1. The molecule has 1 amide bonds. The zero-order chi connectivity index (χ0) is 25.6. The third-order valence-electron chi connectivity index (χ3n) is 6.15. The minimum absolute atomic E-state index is 0.0529. The van der Waals surface area contributed by atoms with Gasteiger partial charge in [-0.05, 0) is 90.9 Å². The van der Waals surface area contributed by atoms with E-state index in [0.717, 1.165) is 47.4 Å². The molecule has 1 aliphatic rings. The van der Waals surface area contributed by atoms with Crippen molar-refractivity contribution in [3.8, 4) is 5.75 Å². The molecule has 2 aromatic heterocycles. The van der Waals surface area contributed by atoms with Gasteiger partial charge < -0.3 is 14.5 Å². The number of fused-ring (bicyclic) bond motifs is 1. The number of ether oxygens (including phenoxy) is 1. The summed E-state index contributed by atoms with van der Waals surface area (Å²) in [5, 5.41) is 14.5. The highest BCUT2D eigenvalue weighted by molar-refractivity contribution is 7.16. The van der Waals surface area contributed by atoms with Crippen LogP contribution < -0.4 is 10.1 Å². The molecule has 4 aromatic rings. The van der Waals surface area contributed by atoms with Crippen molar-refractivity contribution in [1.82, 2.24) is 5.32 Å². The van der Waals surface area contributed by atoms with Crippen molar-refractivity contribution < 1.29 is 18.9 Å². The van der Waals surface area contributed by atoms with Crippen LogP contribution in [0.5, 0.6) is 5.75 Å². The number of nitro groups is 1. The monoisotopic (exact) mass is 515 g/mol. The van der Waals surface area contributed by atoms with Crippen LogP contribution in [-0.4, -0.2) is 17.0 Å². The SMILES string of the molecule is O=C(NCc1ccco1)c1c(/N=C\c2ccc(OCc3ccc([N+](=O)[O-])cc3)cc2)sc2c1CCCC2. The van der Waals surface area contributed by atoms with Gasteiger partial charge in [-0.2, -0.15) is 0 Å². The number of thiophene rings is 1. The number of non-ortho nitro benzene ring substituents is 1. The van der Waals surface area contributed by atoms with Gasteiger partial charge in [0.15, 0.2) is 0 Å². The number of furan rings is 1. The lowest BCUT2D eigenvalue weighted by Gasteiger charge is -2.12. The van der Waals surface area contributed by atoms with Crippen molar-refractivity contribution in [1.29, 1.82) is 0 Å². The fraction of sp³-hybridized carbons (Fsp3) is 0.214. The maximum Gasteiger partial charge on any atom is 0.269 e. The van der Waals surface area contributed by atoms with Crippen LogP contribution in [0.4, 0.5) is 10.7 Å². The molecule has 0 aliphatic heterocycles. The van der Waals surface area contributed by atoms with Gasteiger partial charge in [-0.3, -0.25) is 14.9 Å². The minimum Gasteiger partial charge on any atom is -0.489 e. The first kappa shape index (κ1) is 24.5. The van der Waals surface area contributed by atoms with Crippen molar-refractivity contribution in [2.45, 2.75) is 38.8 Å². The molecule has 2 heterocycles. The van der Waals surface area contributed by atoms with Crippen LogP contribution in [0.2, 0.25) is 0 Å². The van der Waals surface area contributed by atoms with Gasteiger partial charge in [0.05, 0.1) is 23.3 Å². The van der Waals surface area contributed by atoms with E-state index in [4.69, 9.17) is 14.1 Å². The van der Waals surface area contributed by atoms with Crippen LogP contribution in [0.3, 0.4) is 0 Å². The van der Waals surface area contributed by atoms with Crippen molar-refractivity contribution in [2.24, 2.45) is 4.99 Å². The van der Waals surface area contributed by atoms with E-state index < -0.39 is 4.92 Å². The normalized spacial score (nSPS) is 12.9. The number of nitrogens with zero attached hydrogens (tertiary/aromatic N) is 2. The summed E-state index contributed by atoms with van der Waals surface area (Å²) in [5.74, 6) is 1.26. The number of aliphatic imine (C=N–C) groups is 1. The van der Waals surface area contributed by atoms with E-state index in [1.165, 1.54) is 17.0 Å². The Morgan fingerprint density at radius 1 is 1.11 bits per heavy atom. The Bertz CT molecular complexity index is 1410. The number of carbonyl (C=O) groups excluding carboxylic acids is 1. The zero-order valence-electron chi connectivity index (χ0n) is 20.0. The van der Waals surface area contributed by atoms with Gasteiger partial charge in [0.2, 0.25) is 0 Å². The van der Waals surface area contributed by atoms with E-state index in [-0.39, 0.29) is 11.6 Å². The Balaban J connectivity index is 1.26. The Hall–Kier alpha value is -4.24. The largest absolute Gasteiger partial charge is 0.489 e. The van der Waals surface area contributed by atoms with Crippen molar-refractivity contribution in [3.05, 3.63) is 110 Å². The number of carbonyl (C=O) groups is 1. The lowest BCUT2D eigenvalue weighted by molar-refractivity contribution is -0.384. The molecule has 0 bridgehead atoms. The molecule has 0 radical (unpaired) electrons. The van der Waals surface area contributed by atoms with E-state index in [2.05, 4.69) is 5.32 Å². The number of benzene rings is 2. The highest BCUT2D eigenvalue weighted by atomic mass is 32.1. The second-order valence-electron chi connectivity index (χ2n) is 8.69. The molecule has 0 unspecified atom stereocenters. The fourth-order valence-electron chi connectivity index (χ4n) is 4.21. The molecule has 0 atom stereocenters. The van der Waals surface area contributed by atoms with Gasteiger partial charge in [-0.25, -0.2) is 4.99 Å². The molecule has 0 saturated carbocycles. The standard InChI is InChI=1S/C28H25N3O5S/c32-27(29-17-23-4-3-15-35-23)26-24-5-1-2-6-25(24)37-28(26)30-16-19-9-13-22(14-10-19)36-18-20-7-11-21(12-8-20)31(33)34/h3-4,7-16H,1-2,5-6,17-18H2,(H,29,32)/b30-16-. The van der Waals surface area contributed by atoms with E-state index in [0.29, 0.717) is 30.2 Å². The van der Waals surface area contributed by atoms with Crippen LogP contribution in [0.15, 0.2) is 76.3 Å². The molecule has 0 fully saturated rings. The minimum atomic E-state index is -0.424. The lowest BCUT2D eigenvalue weighted by Crippen LogP contribution is -2.23. The van der Waals surface area contributed by atoms with Gasteiger partial charge in [-0.15, -0.1) is 11.3 Å². The second kappa shape index (κ2) is 11.2.